The zero-order chi connectivity index (χ0) is 12.2. The van der Waals surface area contributed by atoms with Gasteiger partial charge < -0.3 is 0 Å². The van der Waals surface area contributed by atoms with Crippen LogP contribution in [0.2, 0.25) is 0 Å². The molecular formula is C12H12ClF3. The predicted octanol–water partition coefficient (Wildman–Crippen LogP) is 4.74. The molecule has 0 aliphatic heterocycles. The Bertz CT molecular complexity index is 380. The van der Waals surface area contributed by atoms with Crippen molar-refractivity contribution < 1.29 is 13.2 Å². The van der Waals surface area contributed by atoms with Gasteiger partial charge in [0, 0.05) is 5.88 Å². The van der Waals surface area contributed by atoms with Crippen molar-refractivity contribution in [1.29, 1.82) is 0 Å². The summed E-state index contributed by atoms with van der Waals surface area (Å²) in [5.41, 5.74) is 0.229. The van der Waals surface area contributed by atoms with E-state index in [1.807, 2.05) is 0 Å². The molecule has 0 bridgehead atoms. The summed E-state index contributed by atoms with van der Waals surface area (Å²) in [5, 5.41) is 0. The third-order valence-corrected chi connectivity index (χ3v) is 2.44. The number of rotatable bonds is 3. The maximum Gasteiger partial charge on any atom is 0.416 e. The summed E-state index contributed by atoms with van der Waals surface area (Å²) in [6, 6.07) is 5.56. The van der Waals surface area contributed by atoms with Crippen molar-refractivity contribution >= 4 is 17.2 Å². The van der Waals surface area contributed by atoms with Crippen molar-refractivity contribution in [3.8, 4) is 0 Å². The standard InChI is InChI=1S/C12H12ClF3/c1-9(5-4-8-13)10-6-2-3-7-11(10)12(14,15)16/h2-3,5-7H,4,8H2,1H3/b9-5+. The topological polar surface area (TPSA) is 0 Å². The third kappa shape index (κ3) is 3.27. The van der Waals surface area contributed by atoms with Gasteiger partial charge in [0.1, 0.15) is 0 Å². The first-order valence-electron chi connectivity index (χ1n) is 4.86. The summed E-state index contributed by atoms with van der Waals surface area (Å²) in [6.45, 7) is 1.66. The smallest absolute Gasteiger partial charge is 0.166 e. The van der Waals surface area contributed by atoms with Crippen LogP contribution in [0.15, 0.2) is 30.3 Å². The van der Waals surface area contributed by atoms with Crippen LogP contribution in [0.25, 0.3) is 5.57 Å². The van der Waals surface area contributed by atoms with Crippen molar-refractivity contribution in [2.24, 2.45) is 0 Å². The normalized spacial score (nSPS) is 12.9. The van der Waals surface area contributed by atoms with Gasteiger partial charge in [0.25, 0.3) is 0 Å². The van der Waals surface area contributed by atoms with E-state index in [1.165, 1.54) is 12.1 Å². The second-order valence-electron chi connectivity index (χ2n) is 3.41. The lowest BCUT2D eigenvalue weighted by Gasteiger charge is -2.12. The van der Waals surface area contributed by atoms with E-state index < -0.39 is 11.7 Å². The molecule has 0 fully saturated rings. The van der Waals surface area contributed by atoms with Gasteiger partial charge in [-0.25, -0.2) is 0 Å². The van der Waals surface area contributed by atoms with Crippen LogP contribution in [-0.4, -0.2) is 5.88 Å². The molecule has 0 saturated heterocycles. The van der Waals surface area contributed by atoms with Crippen LogP contribution >= 0.6 is 11.6 Å². The Balaban J connectivity index is 3.14. The van der Waals surface area contributed by atoms with E-state index in [9.17, 15) is 13.2 Å². The summed E-state index contributed by atoms with van der Waals surface area (Å²) in [6.07, 6.45) is -2.02. The zero-order valence-electron chi connectivity index (χ0n) is 8.81. The van der Waals surface area contributed by atoms with Gasteiger partial charge in [-0.1, -0.05) is 24.3 Å². The second kappa shape index (κ2) is 5.39. The lowest BCUT2D eigenvalue weighted by molar-refractivity contribution is -0.137. The van der Waals surface area contributed by atoms with E-state index in [4.69, 9.17) is 11.6 Å². The summed E-state index contributed by atoms with van der Waals surface area (Å²) in [4.78, 5) is 0. The molecule has 1 aromatic rings. The molecular weight excluding hydrogens is 237 g/mol. The van der Waals surface area contributed by atoms with E-state index in [-0.39, 0.29) is 5.56 Å². The molecule has 0 atom stereocenters. The van der Waals surface area contributed by atoms with Gasteiger partial charge in [0.05, 0.1) is 5.56 Å². The molecule has 0 nitrogen and oxygen atoms in total. The quantitative estimate of drug-likeness (QED) is 0.678. The van der Waals surface area contributed by atoms with Crippen LogP contribution in [0.4, 0.5) is 13.2 Å². The predicted molar refractivity (Wildman–Crippen MR) is 60.4 cm³/mol. The first kappa shape index (κ1) is 13.1. The highest BCUT2D eigenvalue weighted by molar-refractivity contribution is 6.17. The number of halogens is 4. The maximum atomic E-state index is 12.7. The zero-order valence-corrected chi connectivity index (χ0v) is 9.57. The highest BCUT2D eigenvalue weighted by Gasteiger charge is 2.33. The fraction of sp³-hybridized carbons (Fsp3) is 0.333. The molecule has 88 valence electrons. The van der Waals surface area contributed by atoms with Crippen molar-refractivity contribution in [2.45, 2.75) is 19.5 Å². The highest BCUT2D eigenvalue weighted by atomic mass is 35.5. The van der Waals surface area contributed by atoms with Crippen LogP contribution in [0.5, 0.6) is 0 Å². The summed E-state index contributed by atoms with van der Waals surface area (Å²) < 4.78 is 38.0. The summed E-state index contributed by atoms with van der Waals surface area (Å²) >= 11 is 5.50. The van der Waals surface area contributed by atoms with Gasteiger partial charge in [-0.05, 0) is 30.5 Å². The molecule has 0 spiro atoms. The van der Waals surface area contributed by atoms with Crippen LogP contribution in [0.3, 0.4) is 0 Å². The van der Waals surface area contributed by atoms with Crippen molar-refractivity contribution in [2.75, 3.05) is 5.88 Å². The van der Waals surface area contributed by atoms with E-state index in [0.717, 1.165) is 6.07 Å². The molecule has 0 aromatic heterocycles. The lowest BCUT2D eigenvalue weighted by atomic mass is 10.00. The number of allylic oxidation sites excluding steroid dienone is 2. The molecule has 0 heterocycles. The number of alkyl halides is 4. The Hall–Kier alpha value is -0.960. The second-order valence-corrected chi connectivity index (χ2v) is 3.79. The van der Waals surface area contributed by atoms with E-state index in [0.29, 0.717) is 17.9 Å². The van der Waals surface area contributed by atoms with Gasteiger partial charge >= 0.3 is 6.18 Å². The van der Waals surface area contributed by atoms with Crippen LogP contribution in [-0.2, 0) is 6.18 Å². The largest absolute Gasteiger partial charge is 0.416 e. The first-order chi connectivity index (χ1) is 7.46. The Morgan fingerprint density at radius 2 is 1.94 bits per heavy atom. The summed E-state index contributed by atoms with van der Waals surface area (Å²) in [7, 11) is 0. The molecule has 1 aromatic carbocycles. The SMILES string of the molecule is C/C(=C\CCCl)c1ccccc1C(F)(F)F. The molecule has 0 unspecified atom stereocenters. The van der Waals surface area contributed by atoms with Gasteiger partial charge in [0.15, 0.2) is 0 Å². The van der Waals surface area contributed by atoms with Crippen LogP contribution in [0, 0.1) is 0 Å². The number of hydrogen-bond donors (Lipinski definition) is 0. The van der Waals surface area contributed by atoms with Crippen LogP contribution < -0.4 is 0 Å². The first-order valence-corrected chi connectivity index (χ1v) is 5.39. The highest BCUT2D eigenvalue weighted by Crippen LogP contribution is 2.34. The van der Waals surface area contributed by atoms with Gasteiger partial charge in [0.2, 0.25) is 0 Å². The van der Waals surface area contributed by atoms with Gasteiger partial charge in [-0.2, -0.15) is 13.2 Å². The lowest BCUT2D eigenvalue weighted by Crippen LogP contribution is -2.08. The molecule has 0 saturated carbocycles. The fourth-order valence-corrected chi connectivity index (χ4v) is 1.56. The van der Waals surface area contributed by atoms with Crippen molar-refractivity contribution in [3.63, 3.8) is 0 Å². The van der Waals surface area contributed by atoms with Crippen molar-refractivity contribution in [3.05, 3.63) is 41.5 Å². The Morgan fingerprint density at radius 3 is 2.50 bits per heavy atom. The van der Waals surface area contributed by atoms with E-state index in [1.54, 1.807) is 19.1 Å². The minimum atomic E-state index is -4.31. The molecule has 16 heavy (non-hydrogen) atoms. The fourth-order valence-electron chi connectivity index (χ4n) is 1.46. The molecule has 0 aliphatic rings. The number of benzene rings is 1. The molecule has 0 aliphatic carbocycles. The molecule has 0 radical (unpaired) electrons. The van der Waals surface area contributed by atoms with Crippen LogP contribution in [0.1, 0.15) is 24.5 Å². The molecule has 1 rings (SSSR count). The van der Waals surface area contributed by atoms with Gasteiger partial charge in [-0.3, -0.25) is 0 Å². The van der Waals surface area contributed by atoms with E-state index in [2.05, 4.69) is 0 Å². The van der Waals surface area contributed by atoms with E-state index >= 15 is 0 Å². The molecule has 0 N–H and O–H groups in total. The van der Waals surface area contributed by atoms with Crippen molar-refractivity contribution in [1.82, 2.24) is 0 Å². The Kier molecular flexibility index (Phi) is 4.42. The maximum absolute atomic E-state index is 12.7. The average Bonchev–Trinajstić information content (AvgIpc) is 2.24. The minimum Gasteiger partial charge on any atom is -0.166 e. The Morgan fingerprint density at radius 1 is 1.31 bits per heavy atom. The Labute approximate surface area is 97.7 Å². The summed E-state index contributed by atoms with van der Waals surface area (Å²) in [5.74, 6) is 0.408. The third-order valence-electron chi connectivity index (χ3n) is 2.22. The molecule has 4 heteroatoms. The minimum absolute atomic E-state index is 0.222. The monoisotopic (exact) mass is 248 g/mol. The molecule has 0 amide bonds. The number of hydrogen-bond acceptors (Lipinski definition) is 0. The van der Waals surface area contributed by atoms with Gasteiger partial charge in [-0.15, -0.1) is 11.6 Å². The average molecular weight is 249 g/mol.